The molecule has 0 atom stereocenters. The fraction of sp³-hybridized carbons (Fsp3) is 0.231. The summed E-state index contributed by atoms with van der Waals surface area (Å²) in [5, 5.41) is 2.97. The lowest BCUT2D eigenvalue weighted by Crippen LogP contribution is -2.16. The Balaban J connectivity index is 2.48. The van der Waals surface area contributed by atoms with Gasteiger partial charge in [0.05, 0.1) is 12.2 Å². The molecule has 0 saturated heterocycles. The van der Waals surface area contributed by atoms with Crippen molar-refractivity contribution in [3.8, 4) is 11.3 Å². The van der Waals surface area contributed by atoms with Crippen LogP contribution in [0.4, 0.5) is 0 Å². The third kappa shape index (κ3) is 2.79. The zero-order valence-corrected chi connectivity index (χ0v) is 9.95. The van der Waals surface area contributed by atoms with Gasteiger partial charge in [0, 0.05) is 11.6 Å². The molecule has 0 aliphatic rings. The van der Waals surface area contributed by atoms with Crippen molar-refractivity contribution in [2.75, 3.05) is 7.05 Å². The topological polar surface area (TPSA) is 57.8 Å². The normalized spacial score (nSPS) is 10.5. The molecule has 4 nitrogen and oxygen atoms in total. The standard InChI is InChI=1S/C13H15N3O/c1-9-4-3-5-10(6-9)11-7-13(17)16-12(15-11)8-14-2/h3-7,14H,8H2,1-2H3,(H,15,16,17). The molecule has 0 spiro atoms. The van der Waals surface area contributed by atoms with E-state index in [1.807, 2.05) is 38.2 Å². The Hall–Kier alpha value is -1.94. The Morgan fingerprint density at radius 2 is 2.18 bits per heavy atom. The monoisotopic (exact) mass is 229 g/mol. The van der Waals surface area contributed by atoms with E-state index in [2.05, 4.69) is 15.3 Å². The maximum atomic E-state index is 11.5. The van der Waals surface area contributed by atoms with Crippen LogP contribution in [0.3, 0.4) is 0 Å². The highest BCUT2D eigenvalue weighted by molar-refractivity contribution is 5.59. The average molecular weight is 229 g/mol. The zero-order valence-electron chi connectivity index (χ0n) is 9.95. The Kier molecular flexibility index (Phi) is 3.35. The predicted octanol–water partition coefficient (Wildman–Crippen LogP) is 1.46. The van der Waals surface area contributed by atoms with Gasteiger partial charge in [-0.3, -0.25) is 4.79 Å². The van der Waals surface area contributed by atoms with Crippen molar-refractivity contribution in [1.82, 2.24) is 15.3 Å². The van der Waals surface area contributed by atoms with Crippen molar-refractivity contribution in [2.45, 2.75) is 13.5 Å². The third-order valence-electron chi connectivity index (χ3n) is 2.45. The highest BCUT2D eigenvalue weighted by atomic mass is 16.1. The first-order chi connectivity index (χ1) is 8.19. The van der Waals surface area contributed by atoms with Crippen LogP contribution in [0.15, 0.2) is 35.1 Å². The summed E-state index contributed by atoms with van der Waals surface area (Å²) < 4.78 is 0. The first-order valence-electron chi connectivity index (χ1n) is 5.51. The molecule has 1 aromatic heterocycles. The second-order valence-electron chi connectivity index (χ2n) is 3.98. The summed E-state index contributed by atoms with van der Waals surface area (Å²) in [6.45, 7) is 2.57. The number of benzene rings is 1. The Morgan fingerprint density at radius 3 is 2.88 bits per heavy atom. The second-order valence-corrected chi connectivity index (χ2v) is 3.98. The van der Waals surface area contributed by atoms with Crippen molar-refractivity contribution in [3.63, 3.8) is 0 Å². The van der Waals surface area contributed by atoms with Gasteiger partial charge in [-0.2, -0.15) is 0 Å². The molecular formula is C13H15N3O. The number of aromatic nitrogens is 2. The van der Waals surface area contributed by atoms with Gasteiger partial charge in [0.2, 0.25) is 0 Å². The lowest BCUT2D eigenvalue weighted by atomic mass is 10.1. The maximum Gasteiger partial charge on any atom is 0.251 e. The summed E-state index contributed by atoms with van der Waals surface area (Å²) in [6.07, 6.45) is 0. The number of hydrogen-bond donors (Lipinski definition) is 2. The molecule has 0 aliphatic carbocycles. The number of hydrogen-bond acceptors (Lipinski definition) is 3. The van der Waals surface area contributed by atoms with Crippen LogP contribution in [0.5, 0.6) is 0 Å². The minimum Gasteiger partial charge on any atom is -0.313 e. The third-order valence-corrected chi connectivity index (χ3v) is 2.45. The van der Waals surface area contributed by atoms with Gasteiger partial charge in [0.25, 0.3) is 5.56 Å². The van der Waals surface area contributed by atoms with Crippen LogP contribution in [0.2, 0.25) is 0 Å². The molecule has 2 aromatic rings. The van der Waals surface area contributed by atoms with Crippen molar-refractivity contribution in [2.24, 2.45) is 0 Å². The average Bonchev–Trinajstić information content (AvgIpc) is 2.28. The number of nitrogens with zero attached hydrogens (tertiary/aromatic N) is 1. The van der Waals surface area contributed by atoms with Gasteiger partial charge >= 0.3 is 0 Å². The zero-order chi connectivity index (χ0) is 12.3. The van der Waals surface area contributed by atoms with Crippen LogP contribution in [-0.2, 0) is 6.54 Å². The Labute approximate surface area is 99.7 Å². The van der Waals surface area contributed by atoms with E-state index in [0.29, 0.717) is 18.1 Å². The Bertz CT molecular complexity index is 575. The fourth-order valence-electron chi connectivity index (χ4n) is 1.71. The van der Waals surface area contributed by atoms with E-state index < -0.39 is 0 Å². The van der Waals surface area contributed by atoms with Gasteiger partial charge in [-0.1, -0.05) is 23.8 Å². The molecule has 0 fully saturated rings. The van der Waals surface area contributed by atoms with Gasteiger partial charge in [0.15, 0.2) is 0 Å². The van der Waals surface area contributed by atoms with Gasteiger partial charge in [-0.05, 0) is 20.0 Å². The first kappa shape index (κ1) is 11.5. The van der Waals surface area contributed by atoms with Gasteiger partial charge < -0.3 is 10.3 Å². The van der Waals surface area contributed by atoms with Crippen LogP contribution in [0.1, 0.15) is 11.4 Å². The van der Waals surface area contributed by atoms with E-state index in [4.69, 9.17) is 0 Å². The minimum atomic E-state index is -0.123. The minimum absolute atomic E-state index is 0.123. The molecule has 2 rings (SSSR count). The van der Waals surface area contributed by atoms with E-state index in [0.717, 1.165) is 11.1 Å². The first-order valence-corrected chi connectivity index (χ1v) is 5.51. The van der Waals surface area contributed by atoms with E-state index >= 15 is 0 Å². The summed E-state index contributed by atoms with van der Waals surface area (Å²) in [6, 6.07) is 9.48. The number of rotatable bonds is 3. The molecule has 0 amide bonds. The van der Waals surface area contributed by atoms with Gasteiger partial charge in [-0.25, -0.2) is 4.98 Å². The lowest BCUT2D eigenvalue weighted by molar-refractivity contribution is 0.754. The second kappa shape index (κ2) is 4.93. The van der Waals surface area contributed by atoms with Gasteiger partial charge in [-0.15, -0.1) is 0 Å². The molecule has 0 bridgehead atoms. The SMILES string of the molecule is CNCc1nc(-c2cccc(C)c2)cc(=O)[nH]1. The molecule has 17 heavy (non-hydrogen) atoms. The smallest absolute Gasteiger partial charge is 0.251 e. The number of nitrogens with one attached hydrogen (secondary N) is 2. The van der Waals surface area contributed by atoms with E-state index in [1.165, 1.54) is 6.07 Å². The molecule has 4 heteroatoms. The fourth-order valence-corrected chi connectivity index (χ4v) is 1.71. The summed E-state index contributed by atoms with van der Waals surface area (Å²) >= 11 is 0. The van der Waals surface area contributed by atoms with Crippen molar-refractivity contribution < 1.29 is 0 Å². The largest absolute Gasteiger partial charge is 0.313 e. The van der Waals surface area contributed by atoms with Crippen molar-refractivity contribution in [3.05, 3.63) is 52.1 Å². The lowest BCUT2D eigenvalue weighted by Gasteiger charge is -2.04. The van der Waals surface area contributed by atoms with Gasteiger partial charge in [0.1, 0.15) is 5.82 Å². The molecule has 0 saturated carbocycles. The number of H-pyrrole nitrogens is 1. The van der Waals surface area contributed by atoms with Crippen molar-refractivity contribution >= 4 is 0 Å². The van der Waals surface area contributed by atoms with Crippen LogP contribution in [0.25, 0.3) is 11.3 Å². The molecule has 2 N–H and O–H groups in total. The molecule has 0 unspecified atom stereocenters. The highest BCUT2D eigenvalue weighted by Gasteiger charge is 2.03. The van der Waals surface area contributed by atoms with E-state index in [-0.39, 0.29) is 5.56 Å². The van der Waals surface area contributed by atoms with Crippen LogP contribution >= 0.6 is 0 Å². The molecule has 1 aromatic carbocycles. The highest BCUT2D eigenvalue weighted by Crippen LogP contribution is 2.16. The number of aromatic amines is 1. The summed E-state index contributed by atoms with van der Waals surface area (Å²) in [7, 11) is 1.82. The van der Waals surface area contributed by atoms with Crippen LogP contribution in [0, 0.1) is 6.92 Å². The molecule has 0 aliphatic heterocycles. The molecule has 0 radical (unpaired) electrons. The summed E-state index contributed by atoms with van der Waals surface area (Å²) in [4.78, 5) is 18.6. The summed E-state index contributed by atoms with van der Waals surface area (Å²) in [5.74, 6) is 0.650. The van der Waals surface area contributed by atoms with Crippen molar-refractivity contribution in [1.29, 1.82) is 0 Å². The number of aryl methyl sites for hydroxylation is 1. The van der Waals surface area contributed by atoms with E-state index in [1.54, 1.807) is 0 Å². The molecular weight excluding hydrogens is 214 g/mol. The van der Waals surface area contributed by atoms with Crippen LogP contribution < -0.4 is 10.9 Å². The van der Waals surface area contributed by atoms with E-state index in [9.17, 15) is 4.79 Å². The quantitative estimate of drug-likeness (QED) is 0.837. The van der Waals surface area contributed by atoms with Crippen LogP contribution in [-0.4, -0.2) is 17.0 Å². The Morgan fingerprint density at radius 1 is 1.35 bits per heavy atom. The predicted molar refractivity (Wildman–Crippen MR) is 67.8 cm³/mol. The molecule has 1 heterocycles. The molecule has 88 valence electrons. The summed E-state index contributed by atoms with van der Waals surface area (Å²) in [5.41, 5.74) is 2.71. The maximum absolute atomic E-state index is 11.5.